The molecule has 0 aliphatic carbocycles. The zero-order valence-corrected chi connectivity index (χ0v) is 16.1. The minimum absolute atomic E-state index is 0.0149. The summed E-state index contributed by atoms with van der Waals surface area (Å²) in [6.07, 6.45) is 0. The Morgan fingerprint density at radius 2 is 1.48 bits per heavy atom. The van der Waals surface area contributed by atoms with Crippen molar-refractivity contribution in [2.24, 2.45) is 5.92 Å². The lowest BCUT2D eigenvalue weighted by atomic mass is 10.2. The van der Waals surface area contributed by atoms with Crippen molar-refractivity contribution in [3.8, 4) is 11.5 Å². The van der Waals surface area contributed by atoms with Gasteiger partial charge in [-0.2, -0.15) is 0 Å². The maximum atomic E-state index is 12.3. The zero-order valence-electron chi connectivity index (χ0n) is 16.1. The predicted octanol–water partition coefficient (Wildman–Crippen LogP) is 2.86. The Kier molecular flexibility index (Phi) is 5.92. The summed E-state index contributed by atoms with van der Waals surface area (Å²) in [6, 6.07) is 15.1. The summed E-state index contributed by atoms with van der Waals surface area (Å²) < 4.78 is 5.68. The van der Waals surface area contributed by atoms with E-state index in [1.165, 1.54) is 0 Å². The van der Waals surface area contributed by atoms with Crippen molar-refractivity contribution in [2.75, 3.05) is 18.4 Å². The number of imide groups is 2. The van der Waals surface area contributed by atoms with E-state index in [0.29, 0.717) is 22.1 Å². The highest BCUT2D eigenvalue weighted by Crippen LogP contribution is 2.22. The summed E-state index contributed by atoms with van der Waals surface area (Å²) in [5, 5.41) is 2.60. The standard InChI is InChI=1S/C21H21N3O5/c1-14(2)12-23-19(26)20(27)24(21(23)28)13-18(25)22-15-8-10-17(11-9-15)29-16-6-4-3-5-7-16/h3-11,14H,12-13H2,1-2H3,(H,22,25). The van der Waals surface area contributed by atoms with Crippen LogP contribution in [0.25, 0.3) is 0 Å². The first-order valence-electron chi connectivity index (χ1n) is 9.15. The summed E-state index contributed by atoms with van der Waals surface area (Å²) in [7, 11) is 0. The number of nitrogens with zero attached hydrogens (tertiary/aromatic N) is 2. The van der Waals surface area contributed by atoms with Gasteiger partial charge in [0.25, 0.3) is 0 Å². The Morgan fingerprint density at radius 3 is 2.10 bits per heavy atom. The number of para-hydroxylation sites is 1. The third-order valence-electron chi connectivity index (χ3n) is 4.10. The normalized spacial score (nSPS) is 14.0. The molecule has 5 amide bonds. The number of hydrogen-bond donors (Lipinski definition) is 1. The Bertz CT molecular complexity index is 925. The molecule has 3 rings (SSSR count). The Labute approximate surface area is 168 Å². The van der Waals surface area contributed by atoms with Crippen LogP contribution in [-0.4, -0.2) is 46.6 Å². The number of rotatable bonds is 7. The SMILES string of the molecule is CC(C)CN1C(=O)C(=O)N(CC(=O)Nc2ccc(Oc3ccccc3)cc2)C1=O. The molecule has 0 spiro atoms. The van der Waals surface area contributed by atoms with E-state index in [0.717, 1.165) is 4.90 Å². The fourth-order valence-corrected chi connectivity index (χ4v) is 2.79. The van der Waals surface area contributed by atoms with Gasteiger partial charge in [0, 0.05) is 12.2 Å². The summed E-state index contributed by atoms with van der Waals surface area (Å²) >= 11 is 0. The molecule has 150 valence electrons. The van der Waals surface area contributed by atoms with Crippen LogP contribution in [0.5, 0.6) is 11.5 Å². The Hall–Kier alpha value is -3.68. The molecule has 1 aliphatic heterocycles. The van der Waals surface area contributed by atoms with Crippen LogP contribution < -0.4 is 10.1 Å². The fourth-order valence-electron chi connectivity index (χ4n) is 2.79. The molecule has 1 fully saturated rings. The summed E-state index contributed by atoms with van der Waals surface area (Å²) in [4.78, 5) is 50.1. The fraction of sp³-hybridized carbons (Fsp3) is 0.238. The topological polar surface area (TPSA) is 96.0 Å². The lowest BCUT2D eigenvalue weighted by Crippen LogP contribution is -2.39. The smallest absolute Gasteiger partial charge is 0.334 e. The molecule has 1 heterocycles. The summed E-state index contributed by atoms with van der Waals surface area (Å²) in [5.74, 6) is -1.18. The highest BCUT2D eigenvalue weighted by molar-refractivity contribution is 6.45. The molecule has 2 aromatic rings. The van der Waals surface area contributed by atoms with Crippen molar-refractivity contribution in [3.63, 3.8) is 0 Å². The monoisotopic (exact) mass is 395 g/mol. The number of benzene rings is 2. The van der Waals surface area contributed by atoms with Crippen molar-refractivity contribution in [3.05, 3.63) is 54.6 Å². The van der Waals surface area contributed by atoms with Gasteiger partial charge in [-0.1, -0.05) is 32.0 Å². The molecule has 0 unspecified atom stereocenters. The van der Waals surface area contributed by atoms with Gasteiger partial charge in [-0.3, -0.25) is 19.3 Å². The molecule has 2 aromatic carbocycles. The highest BCUT2D eigenvalue weighted by atomic mass is 16.5. The Morgan fingerprint density at radius 1 is 0.897 bits per heavy atom. The van der Waals surface area contributed by atoms with Crippen LogP contribution in [0.4, 0.5) is 10.5 Å². The zero-order chi connectivity index (χ0) is 21.0. The molecule has 8 heteroatoms. The van der Waals surface area contributed by atoms with Crippen LogP contribution in [0, 0.1) is 5.92 Å². The number of amides is 5. The quantitative estimate of drug-likeness (QED) is 0.574. The summed E-state index contributed by atoms with van der Waals surface area (Å²) in [6.45, 7) is 3.25. The molecule has 8 nitrogen and oxygen atoms in total. The maximum absolute atomic E-state index is 12.3. The lowest BCUT2D eigenvalue weighted by Gasteiger charge is -2.16. The van der Waals surface area contributed by atoms with E-state index in [9.17, 15) is 19.2 Å². The van der Waals surface area contributed by atoms with Crippen LogP contribution in [0.2, 0.25) is 0 Å². The third kappa shape index (κ3) is 4.78. The Balaban J connectivity index is 1.58. The van der Waals surface area contributed by atoms with Gasteiger partial charge in [0.05, 0.1) is 0 Å². The molecule has 1 aliphatic rings. The maximum Gasteiger partial charge on any atom is 0.334 e. The first-order chi connectivity index (χ1) is 13.8. The number of hydrogen-bond acceptors (Lipinski definition) is 5. The van der Waals surface area contributed by atoms with Gasteiger partial charge in [0.15, 0.2) is 0 Å². The number of ether oxygens (including phenoxy) is 1. The van der Waals surface area contributed by atoms with Crippen LogP contribution >= 0.6 is 0 Å². The molecule has 0 bridgehead atoms. The van der Waals surface area contributed by atoms with Crippen LogP contribution in [0.1, 0.15) is 13.8 Å². The minimum atomic E-state index is -0.989. The van der Waals surface area contributed by atoms with Gasteiger partial charge < -0.3 is 10.1 Å². The van der Waals surface area contributed by atoms with Crippen molar-refractivity contribution in [1.82, 2.24) is 9.80 Å². The second kappa shape index (κ2) is 8.55. The molecular formula is C21H21N3O5. The number of carbonyl (C=O) groups excluding carboxylic acids is 4. The van der Waals surface area contributed by atoms with E-state index < -0.39 is 30.3 Å². The van der Waals surface area contributed by atoms with Crippen molar-refractivity contribution in [1.29, 1.82) is 0 Å². The third-order valence-corrected chi connectivity index (χ3v) is 4.10. The predicted molar refractivity (Wildman–Crippen MR) is 105 cm³/mol. The molecule has 0 saturated carbocycles. The van der Waals surface area contributed by atoms with Gasteiger partial charge in [-0.15, -0.1) is 0 Å². The highest BCUT2D eigenvalue weighted by Gasteiger charge is 2.45. The number of anilines is 1. The van der Waals surface area contributed by atoms with E-state index in [-0.39, 0.29) is 12.5 Å². The number of urea groups is 1. The molecule has 1 N–H and O–H groups in total. The van der Waals surface area contributed by atoms with E-state index >= 15 is 0 Å². The molecule has 0 aromatic heterocycles. The van der Waals surface area contributed by atoms with E-state index in [4.69, 9.17) is 4.74 Å². The average Bonchev–Trinajstić information content (AvgIpc) is 2.88. The minimum Gasteiger partial charge on any atom is -0.457 e. The summed E-state index contributed by atoms with van der Waals surface area (Å²) in [5.41, 5.74) is 0.472. The first kappa shape index (κ1) is 20.1. The van der Waals surface area contributed by atoms with Gasteiger partial charge in [-0.05, 0) is 42.3 Å². The van der Waals surface area contributed by atoms with Crippen LogP contribution in [0.15, 0.2) is 54.6 Å². The lowest BCUT2D eigenvalue weighted by molar-refractivity contribution is -0.143. The second-order valence-corrected chi connectivity index (χ2v) is 6.97. The number of nitrogens with one attached hydrogen (secondary N) is 1. The van der Waals surface area contributed by atoms with Crippen molar-refractivity contribution < 1.29 is 23.9 Å². The molecular weight excluding hydrogens is 374 g/mol. The van der Waals surface area contributed by atoms with Crippen molar-refractivity contribution >= 4 is 29.4 Å². The average molecular weight is 395 g/mol. The largest absolute Gasteiger partial charge is 0.457 e. The number of carbonyl (C=O) groups is 4. The van der Waals surface area contributed by atoms with Crippen molar-refractivity contribution in [2.45, 2.75) is 13.8 Å². The second-order valence-electron chi connectivity index (χ2n) is 6.97. The van der Waals surface area contributed by atoms with Gasteiger partial charge in [-0.25, -0.2) is 9.69 Å². The van der Waals surface area contributed by atoms with Crippen LogP contribution in [0.3, 0.4) is 0 Å². The first-order valence-corrected chi connectivity index (χ1v) is 9.15. The van der Waals surface area contributed by atoms with E-state index in [1.54, 1.807) is 24.3 Å². The molecule has 1 saturated heterocycles. The van der Waals surface area contributed by atoms with Gasteiger partial charge in [0.1, 0.15) is 18.0 Å². The van der Waals surface area contributed by atoms with E-state index in [2.05, 4.69) is 5.32 Å². The van der Waals surface area contributed by atoms with Gasteiger partial charge >= 0.3 is 17.8 Å². The van der Waals surface area contributed by atoms with Crippen LogP contribution in [-0.2, 0) is 14.4 Å². The molecule has 0 radical (unpaired) electrons. The molecule has 29 heavy (non-hydrogen) atoms. The van der Waals surface area contributed by atoms with E-state index in [1.807, 2.05) is 44.2 Å². The van der Waals surface area contributed by atoms with Gasteiger partial charge in [0.2, 0.25) is 5.91 Å². The molecule has 0 atom stereocenters.